The highest BCUT2D eigenvalue weighted by Gasteiger charge is 2.44. The zero-order valence-corrected chi connectivity index (χ0v) is 12.0. The number of anilines is 1. The van der Waals surface area contributed by atoms with Crippen molar-refractivity contribution in [2.24, 2.45) is 11.1 Å². The maximum atomic E-state index is 12.3. The normalized spacial score (nSPS) is 25.4. The lowest BCUT2D eigenvalue weighted by Crippen LogP contribution is -2.47. The molecule has 0 radical (unpaired) electrons. The van der Waals surface area contributed by atoms with Crippen LogP contribution in [0.1, 0.15) is 20.3 Å². The maximum Gasteiger partial charge on any atom is 0.234 e. The van der Waals surface area contributed by atoms with Crippen LogP contribution < -0.4 is 15.8 Å². The molecule has 20 heavy (non-hydrogen) atoms. The Morgan fingerprint density at radius 3 is 2.75 bits per heavy atom. The Morgan fingerprint density at radius 2 is 2.20 bits per heavy atom. The van der Waals surface area contributed by atoms with Gasteiger partial charge in [-0.3, -0.25) is 4.79 Å². The minimum atomic E-state index is -0.669. The van der Waals surface area contributed by atoms with Gasteiger partial charge in [0.25, 0.3) is 0 Å². The number of rotatable bonds is 5. The highest BCUT2D eigenvalue weighted by Crippen LogP contribution is 2.29. The number of nitrogens with two attached hydrogens (primary N) is 1. The third kappa shape index (κ3) is 3.11. The average Bonchev–Trinajstić information content (AvgIpc) is 2.79. The van der Waals surface area contributed by atoms with Crippen LogP contribution in [0.5, 0.6) is 5.75 Å². The molecule has 1 saturated heterocycles. The lowest BCUT2D eigenvalue weighted by Gasteiger charge is -2.25. The first-order valence-electron chi connectivity index (χ1n) is 6.94. The summed E-state index contributed by atoms with van der Waals surface area (Å²) in [6.07, 6.45) is 0.967. The topological polar surface area (TPSA) is 73.6 Å². The minimum Gasteiger partial charge on any atom is -0.494 e. The quantitative estimate of drug-likeness (QED) is 0.861. The molecule has 0 aromatic heterocycles. The molecule has 1 aromatic carbocycles. The van der Waals surface area contributed by atoms with Gasteiger partial charge < -0.3 is 20.5 Å². The first-order chi connectivity index (χ1) is 9.56. The van der Waals surface area contributed by atoms with Crippen LogP contribution in [-0.4, -0.2) is 31.8 Å². The van der Waals surface area contributed by atoms with Crippen LogP contribution >= 0.6 is 0 Å². The van der Waals surface area contributed by atoms with Crippen molar-refractivity contribution < 1.29 is 14.3 Å². The fraction of sp³-hybridized carbons (Fsp3) is 0.533. The van der Waals surface area contributed by atoms with Crippen LogP contribution in [-0.2, 0) is 9.53 Å². The predicted octanol–water partition coefficient (Wildman–Crippen LogP) is 1.78. The van der Waals surface area contributed by atoms with Gasteiger partial charge in [-0.2, -0.15) is 0 Å². The zero-order chi connectivity index (χ0) is 14.6. The Bertz CT molecular complexity index is 461. The summed E-state index contributed by atoms with van der Waals surface area (Å²) < 4.78 is 10.8. The third-order valence-corrected chi connectivity index (χ3v) is 3.62. The molecule has 2 unspecified atom stereocenters. The SMILES string of the molecule is CCCOc1ccc(NC(=O)C2(C)COCC2N)cc1. The van der Waals surface area contributed by atoms with Crippen LogP contribution in [0, 0.1) is 5.41 Å². The van der Waals surface area contributed by atoms with E-state index in [0.29, 0.717) is 19.8 Å². The molecule has 110 valence electrons. The van der Waals surface area contributed by atoms with Crippen molar-refractivity contribution in [2.75, 3.05) is 25.1 Å². The van der Waals surface area contributed by atoms with Gasteiger partial charge in [0.1, 0.15) is 5.75 Å². The summed E-state index contributed by atoms with van der Waals surface area (Å²) in [5.74, 6) is 0.696. The number of carbonyl (C=O) groups excluding carboxylic acids is 1. The van der Waals surface area contributed by atoms with E-state index in [9.17, 15) is 4.79 Å². The molecule has 5 heteroatoms. The summed E-state index contributed by atoms with van der Waals surface area (Å²) in [6, 6.07) is 7.08. The molecule has 1 amide bonds. The van der Waals surface area contributed by atoms with Gasteiger partial charge in [-0.05, 0) is 37.6 Å². The summed E-state index contributed by atoms with van der Waals surface area (Å²) >= 11 is 0. The molecule has 1 aliphatic rings. The van der Waals surface area contributed by atoms with E-state index < -0.39 is 5.41 Å². The molecular weight excluding hydrogens is 256 g/mol. The molecule has 0 bridgehead atoms. The lowest BCUT2D eigenvalue weighted by molar-refractivity contribution is -0.125. The molecule has 1 aliphatic heterocycles. The number of hydrogen-bond acceptors (Lipinski definition) is 4. The molecule has 0 spiro atoms. The molecule has 1 fully saturated rings. The fourth-order valence-electron chi connectivity index (χ4n) is 2.05. The van der Waals surface area contributed by atoms with Gasteiger partial charge in [0.05, 0.1) is 25.2 Å². The number of amides is 1. The summed E-state index contributed by atoms with van der Waals surface area (Å²) in [5.41, 5.74) is 6.01. The smallest absolute Gasteiger partial charge is 0.234 e. The second kappa shape index (κ2) is 6.24. The largest absolute Gasteiger partial charge is 0.494 e. The third-order valence-electron chi connectivity index (χ3n) is 3.62. The number of hydrogen-bond donors (Lipinski definition) is 2. The maximum absolute atomic E-state index is 12.3. The Balaban J connectivity index is 1.97. The number of ether oxygens (including phenoxy) is 2. The minimum absolute atomic E-state index is 0.107. The number of benzene rings is 1. The van der Waals surface area contributed by atoms with Crippen molar-refractivity contribution in [1.82, 2.24) is 0 Å². The van der Waals surface area contributed by atoms with Crippen LogP contribution in [0.15, 0.2) is 24.3 Å². The van der Waals surface area contributed by atoms with Crippen molar-refractivity contribution in [3.63, 3.8) is 0 Å². The van der Waals surface area contributed by atoms with Crippen LogP contribution in [0.3, 0.4) is 0 Å². The number of carbonyl (C=O) groups is 1. The second-order valence-corrected chi connectivity index (χ2v) is 5.37. The van der Waals surface area contributed by atoms with Crippen molar-refractivity contribution >= 4 is 11.6 Å². The molecule has 1 heterocycles. The monoisotopic (exact) mass is 278 g/mol. The lowest BCUT2D eigenvalue weighted by atomic mass is 9.85. The van der Waals surface area contributed by atoms with Crippen LogP contribution in [0.25, 0.3) is 0 Å². The zero-order valence-electron chi connectivity index (χ0n) is 12.0. The van der Waals surface area contributed by atoms with Gasteiger partial charge in [-0.15, -0.1) is 0 Å². The first-order valence-corrected chi connectivity index (χ1v) is 6.94. The first kappa shape index (κ1) is 14.8. The highest BCUT2D eigenvalue weighted by atomic mass is 16.5. The average molecular weight is 278 g/mol. The van der Waals surface area contributed by atoms with Crippen LogP contribution in [0.4, 0.5) is 5.69 Å². The highest BCUT2D eigenvalue weighted by molar-refractivity contribution is 5.96. The molecule has 1 aromatic rings. The molecule has 3 N–H and O–H groups in total. The van der Waals surface area contributed by atoms with Crippen molar-refractivity contribution in [3.8, 4) is 5.75 Å². The van der Waals surface area contributed by atoms with Crippen molar-refractivity contribution in [3.05, 3.63) is 24.3 Å². The molecule has 2 rings (SSSR count). The Morgan fingerprint density at radius 1 is 1.50 bits per heavy atom. The fourth-order valence-corrected chi connectivity index (χ4v) is 2.05. The Labute approximate surface area is 119 Å². The molecule has 5 nitrogen and oxygen atoms in total. The second-order valence-electron chi connectivity index (χ2n) is 5.37. The van der Waals surface area contributed by atoms with E-state index in [2.05, 4.69) is 12.2 Å². The summed E-state index contributed by atoms with van der Waals surface area (Å²) in [6.45, 7) is 5.36. The Hall–Kier alpha value is -1.59. The van der Waals surface area contributed by atoms with Gasteiger partial charge in [0, 0.05) is 11.7 Å². The van der Waals surface area contributed by atoms with Gasteiger partial charge in [-0.25, -0.2) is 0 Å². The van der Waals surface area contributed by atoms with Crippen molar-refractivity contribution in [2.45, 2.75) is 26.3 Å². The van der Waals surface area contributed by atoms with E-state index >= 15 is 0 Å². The molecule has 2 atom stereocenters. The number of nitrogens with one attached hydrogen (secondary N) is 1. The van der Waals surface area contributed by atoms with Gasteiger partial charge in [0.15, 0.2) is 0 Å². The summed E-state index contributed by atoms with van der Waals surface area (Å²) in [4.78, 5) is 12.3. The van der Waals surface area contributed by atoms with E-state index in [1.54, 1.807) is 0 Å². The van der Waals surface area contributed by atoms with E-state index in [1.165, 1.54) is 0 Å². The summed E-state index contributed by atoms with van der Waals surface area (Å²) in [5, 5.41) is 2.88. The van der Waals surface area contributed by atoms with Crippen molar-refractivity contribution in [1.29, 1.82) is 0 Å². The molecular formula is C15H22N2O3. The molecule has 0 saturated carbocycles. The molecule has 0 aliphatic carbocycles. The van der Waals surface area contributed by atoms with Gasteiger partial charge in [0.2, 0.25) is 5.91 Å². The van der Waals surface area contributed by atoms with Gasteiger partial charge in [-0.1, -0.05) is 6.92 Å². The van der Waals surface area contributed by atoms with E-state index in [-0.39, 0.29) is 11.9 Å². The Kier molecular flexibility index (Phi) is 4.62. The van der Waals surface area contributed by atoms with Gasteiger partial charge >= 0.3 is 0 Å². The predicted molar refractivity (Wildman–Crippen MR) is 77.8 cm³/mol. The van der Waals surface area contributed by atoms with E-state index in [0.717, 1.165) is 17.9 Å². The van der Waals surface area contributed by atoms with E-state index in [4.69, 9.17) is 15.2 Å². The summed E-state index contributed by atoms with van der Waals surface area (Å²) in [7, 11) is 0. The standard InChI is InChI=1S/C15H22N2O3/c1-3-8-20-12-6-4-11(5-7-12)17-14(18)15(2)10-19-9-13(15)16/h4-7,13H,3,8-10,16H2,1-2H3,(H,17,18). The van der Waals surface area contributed by atoms with Crippen LogP contribution in [0.2, 0.25) is 0 Å². The van der Waals surface area contributed by atoms with E-state index in [1.807, 2.05) is 31.2 Å².